The Bertz CT molecular complexity index is 1210. The topological polar surface area (TPSA) is 76.0 Å². The number of carbonyl (C=O) groups excluding carboxylic acids is 1. The van der Waals surface area contributed by atoms with Crippen LogP contribution in [-0.4, -0.2) is 16.2 Å². The fourth-order valence-corrected chi connectivity index (χ4v) is 6.17. The smallest absolute Gasteiger partial charge is 1.00 e. The van der Waals surface area contributed by atoms with Gasteiger partial charge in [0, 0.05) is 5.56 Å². The average Bonchev–Trinajstić information content (AvgIpc) is 3.00. The molecule has 0 unspecified atom stereocenters. The zero-order valence-electron chi connectivity index (χ0n) is 18.1. The van der Waals surface area contributed by atoms with Crippen molar-refractivity contribution in [3.05, 3.63) is 76.5 Å². The molecule has 2 N–H and O–H groups in total. The number of benzene rings is 3. The van der Waals surface area contributed by atoms with Crippen molar-refractivity contribution >= 4 is 69.7 Å². The molecule has 0 aliphatic carbocycles. The van der Waals surface area contributed by atoms with Crippen LogP contribution in [0.15, 0.2) is 54.3 Å². The number of aromatic hydroxyl groups is 2. The van der Waals surface area contributed by atoms with E-state index in [1.807, 2.05) is 12.1 Å². The number of rotatable bonds is 0. The SMILES string of the molecule is O=C1OC2(c3ccccc31)c1cc(Br)c(O)c(Br)c1Oc1c2cc(Br)c(O)c1Br.[H-].[H-].[Na+].[Na+]. The van der Waals surface area contributed by atoms with E-state index in [0.29, 0.717) is 40.1 Å². The monoisotopic (exact) mass is 692 g/mol. The molecule has 0 radical (unpaired) electrons. The molecule has 31 heavy (non-hydrogen) atoms. The van der Waals surface area contributed by atoms with Gasteiger partial charge in [0.25, 0.3) is 0 Å². The molecule has 0 saturated carbocycles. The number of esters is 1. The molecule has 2 aliphatic heterocycles. The Kier molecular flexibility index (Phi) is 7.77. The second-order valence-corrected chi connectivity index (χ2v) is 9.81. The second-order valence-electron chi connectivity index (χ2n) is 6.51. The van der Waals surface area contributed by atoms with Gasteiger partial charge in [0.05, 0.1) is 25.6 Å². The molecule has 0 fully saturated rings. The molecule has 5 nitrogen and oxygen atoms in total. The summed E-state index contributed by atoms with van der Waals surface area (Å²) in [6.45, 7) is 0. The van der Waals surface area contributed by atoms with Gasteiger partial charge in [-0.2, -0.15) is 0 Å². The molecule has 150 valence electrons. The summed E-state index contributed by atoms with van der Waals surface area (Å²) in [6, 6.07) is 10.5. The summed E-state index contributed by atoms with van der Waals surface area (Å²) in [4.78, 5) is 12.8. The van der Waals surface area contributed by atoms with Crippen molar-refractivity contribution in [1.82, 2.24) is 0 Å². The van der Waals surface area contributed by atoms with Gasteiger partial charge < -0.3 is 22.5 Å². The molecule has 0 saturated heterocycles. The van der Waals surface area contributed by atoms with Gasteiger partial charge in [-0.25, -0.2) is 4.79 Å². The largest absolute Gasteiger partial charge is 1.00 e. The predicted molar refractivity (Wildman–Crippen MR) is 121 cm³/mol. The normalized spacial score (nSPS) is 14.4. The van der Waals surface area contributed by atoms with Crippen molar-refractivity contribution in [3.8, 4) is 23.0 Å². The number of halogens is 4. The maximum atomic E-state index is 12.8. The van der Waals surface area contributed by atoms with Gasteiger partial charge in [-0.15, -0.1) is 0 Å². The van der Waals surface area contributed by atoms with Crippen LogP contribution in [0.25, 0.3) is 0 Å². The molecule has 0 amide bonds. The minimum atomic E-state index is -1.33. The zero-order chi connectivity index (χ0) is 20.7. The summed E-state index contributed by atoms with van der Waals surface area (Å²) < 4.78 is 13.6. The number of fused-ring (bicyclic) bond motifs is 6. The maximum absolute atomic E-state index is 12.8. The van der Waals surface area contributed by atoms with Gasteiger partial charge in [0.1, 0.15) is 20.4 Å². The van der Waals surface area contributed by atoms with E-state index in [-0.39, 0.29) is 85.0 Å². The quantitative estimate of drug-likeness (QED) is 0.271. The summed E-state index contributed by atoms with van der Waals surface area (Å²) in [7, 11) is 0. The van der Waals surface area contributed by atoms with Gasteiger partial charge in [-0.3, -0.25) is 0 Å². The van der Waals surface area contributed by atoms with Crippen LogP contribution in [-0.2, 0) is 10.3 Å². The molecule has 1 spiro atoms. The van der Waals surface area contributed by atoms with Crippen LogP contribution in [0.2, 0.25) is 0 Å². The molecule has 5 rings (SSSR count). The first-order valence-corrected chi connectivity index (χ1v) is 11.4. The maximum Gasteiger partial charge on any atom is 1.00 e. The first-order chi connectivity index (χ1) is 13.8. The first kappa shape index (κ1) is 26.1. The fraction of sp³-hybridized carbons (Fsp3) is 0.0500. The third-order valence-electron chi connectivity index (χ3n) is 5.03. The van der Waals surface area contributed by atoms with Crippen LogP contribution in [0.1, 0.15) is 29.9 Å². The van der Waals surface area contributed by atoms with E-state index < -0.39 is 11.6 Å². The van der Waals surface area contributed by atoms with Gasteiger partial charge in [0.15, 0.2) is 17.1 Å². The summed E-state index contributed by atoms with van der Waals surface area (Å²) in [5, 5.41) is 20.8. The molecule has 0 atom stereocenters. The minimum absolute atomic E-state index is 0. The van der Waals surface area contributed by atoms with Crippen LogP contribution < -0.4 is 63.9 Å². The Morgan fingerprint density at radius 2 is 1.29 bits per heavy atom. The first-order valence-electron chi connectivity index (χ1n) is 8.21. The van der Waals surface area contributed by atoms with Crippen molar-refractivity contribution in [2.24, 2.45) is 0 Å². The Hall–Kier alpha value is 0.450. The Balaban J connectivity index is 0.00000136. The number of hydrogen-bond acceptors (Lipinski definition) is 5. The Labute approximate surface area is 258 Å². The molecule has 3 aromatic rings. The van der Waals surface area contributed by atoms with E-state index in [2.05, 4.69) is 63.7 Å². The summed E-state index contributed by atoms with van der Waals surface area (Å²) >= 11 is 13.5. The Morgan fingerprint density at radius 1 is 0.806 bits per heavy atom. The van der Waals surface area contributed by atoms with Crippen molar-refractivity contribution < 1.29 is 86.4 Å². The number of ether oxygens (including phenoxy) is 2. The molecule has 2 heterocycles. The summed E-state index contributed by atoms with van der Waals surface area (Å²) in [5.74, 6) is -0.0230. The molecule has 2 aliphatic rings. The molecule has 0 bridgehead atoms. The van der Waals surface area contributed by atoms with E-state index >= 15 is 0 Å². The summed E-state index contributed by atoms with van der Waals surface area (Å²) in [6.07, 6.45) is 0. The average molecular weight is 696 g/mol. The van der Waals surface area contributed by atoms with Crippen molar-refractivity contribution in [3.63, 3.8) is 0 Å². The zero-order valence-corrected chi connectivity index (χ0v) is 26.4. The number of hydrogen-bond donors (Lipinski definition) is 2. The van der Waals surface area contributed by atoms with Gasteiger partial charge in [-0.1, -0.05) is 18.2 Å². The molecule has 3 aromatic carbocycles. The fourth-order valence-electron chi connectivity index (χ4n) is 3.77. The molecule has 0 aromatic heterocycles. The molecule has 11 heteroatoms. The number of phenolic OH excluding ortho intramolecular Hbond substituents is 2. The Morgan fingerprint density at radius 3 is 1.81 bits per heavy atom. The van der Waals surface area contributed by atoms with Crippen LogP contribution in [0, 0.1) is 0 Å². The van der Waals surface area contributed by atoms with Gasteiger partial charge in [-0.05, 0) is 81.9 Å². The van der Waals surface area contributed by atoms with Crippen molar-refractivity contribution in [1.29, 1.82) is 0 Å². The summed E-state index contributed by atoms with van der Waals surface area (Å²) in [5.41, 5.74) is 0.819. The van der Waals surface area contributed by atoms with E-state index in [4.69, 9.17) is 9.47 Å². The van der Waals surface area contributed by atoms with E-state index in [1.165, 1.54) is 0 Å². The standard InChI is InChI=1S/C20H8Br4O5.2Na.2H/c21-11-5-9-17(13(23)15(11)25)28-18-10(6-12(22)16(26)14(18)24)20(9)8-4-2-1-3-7(8)19(27)29-20;;;;/h1-6,25-26H;;;;/q;2*+1;2*-1. The molecular weight excluding hydrogens is 686 g/mol. The van der Waals surface area contributed by atoms with Crippen LogP contribution in [0.4, 0.5) is 0 Å². The van der Waals surface area contributed by atoms with Crippen LogP contribution in [0.5, 0.6) is 23.0 Å². The predicted octanol–water partition coefficient (Wildman–Crippen LogP) is 0.949. The van der Waals surface area contributed by atoms with Crippen LogP contribution >= 0.6 is 63.7 Å². The van der Waals surface area contributed by atoms with Crippen LogP contribution in [0.3, 0.4) is 0 Å². The van der Waals surface area contributed by atoms with Crippen molar-refractivity contribution in [2.75, 3.05) is 0 Å². The second kappa shape index (κ2) is 9.24. The number of phenols is 2. The number of carbonyl (C=O) groups is 1. The molecular formula is C20H10Br4Na2O5. The minimum Gasteiger partial charge on any atom is -1.00 e. The third-order valence-corrected chi connectivity index (χ3v) is 7.71. The van der Waals surface area contributed by atoms with E-state index in [1.54, 1.807) is 24.3 Å². The van der Waals surface area contributed by atoms with Crippen molar-refractivity contribution in [2.45, 2.75) is 5.60 Å². The van der Waals surface area contributed by atoms with Gasteiger partial charge in [0.2, 0.25) is 0 Å². The van der Waals surface area contributed by atoms with Gasteiger partial charge >= 0.3 is 65.1 Å². The van der Waals surface area contributed by atoms with E-state index in [9.17, 15) is 15.0 Å². The van der Waals surface area contributed by atoms with E-state index in [0.717, 1.165) is 0 Å². The third kappa shape index (κ3) is 3.63.